The molecule has 4 rings (SSSR count). The van der Waals surface area contributed by atoms with Crippen LogP contribution in [0.3, 0.4) is 0 Å². The summed E-state index contributed by atoms with van der Waals surface area (Å²) in [4.78, 5) is 53.7. The van der Waals surface area contributed by atoms with Crippen molar-refractivity contribution in [2.75, 3.05) is 45.1 Å². The number of anilines is 1. The third-order valence-electron chi connectivity index (χ3n) is 5.73. The highest BCUT2D eigenvalue weighted by molar-refractivity contribution is 6.21. The van der Waals surface area contributed by atoms with Crippen molar-refractivity contribution >= 4 is 29.3 Å². The molecule has 0 atom stereocenters. The molecule has 0 radical (unpaired) electrons. The number of carbonyl (C=O) groups is 4. The third-order valence-corrected chi connectivity index (χ3v) is 5.73. The summed E-state index contributed by atoms with van der Waals surface area (Å²) in [5.41, 5.74) is 1.83. The monoisotopic (exact) mass is 438 g/mol. The molecule has 8 nitrogen and oxygen atoms in total. The van der Waals surface area contributed by atoms with Crippen LogP contribution < -0.4 is 5.32 Å². The van der Waals surface area contributed by atoms with E-state index in [0.717, 1.165) is 10.5 Å². The first-order valence-corrected chi connectivity index (χ1v) is 10.3. The van der Waals surface area contributed by atoms with Gasteiger partial charge in [-0.05, 0) is 35.9 Å². The molecule has 32 heavy (non-hydrogen) atoms. The van der Waals surface area contributed by atoms with Gasteiger partial charge in [0.15, 0.2) is 0 Å². The van der Waals surface area contributed by atoms with Crippen molar-refractivity contribution in [3.63, 3.8) is 0 Å². The highest BCUT2D eigenvalue weighted by Gasteiger charge is 2.33. The largest absolute Gasteiger partial charge is 0.340 e. The first-order valence-electron chi connectivity index (χ1n) is 10.3. The lowest BCUT2D eigenvalue weighted by Crippen LogP contribution is -2.50. The molecule has 2 aliphatic rings. The molecule has 0 spiro atoms. The van der Waals surface area contributed by atoms with E-state index < -0.39 is 0 Å². The van der Waals surface area contributed by atoms with Crippen LogP contribution in [0.2, 0.25) is 0 Å². The van der Waals surface area contributed by atoms with E-state index in [-0.39, 0.29) is 48.0 Å². The van der Waals surface area contributed by atoms with Crippen LogP contribution in [0.25, 0.3) is 0 Å². The summed E-state index contributed by atoms with van der Waals surface area (Å²) in [7, 11) is 1.42. The first-order chi connectivity index (χ1) is 15.3. The predicted molar refractivity (Wildman–Crippen MR) is 115 cm³/mol. The van der Waals surface area contributed by atoms with Gasteiger partial charge in [-0.15, -0.1) is 0 Å². The van der Waals surface area contributed by atoms with Gasteiger partial charge in [-0.2, -0.15) is 0 Å². The van der Waals surface area contributed by atoms with Gasteiger partial charge in [0.1, 0.15) is 5.82 Å². The Labute approximate surface area is 184 Å². The quantitative estimate of drug-likeness (QED) is 0.713. The van der Waals surface area contributed by atoms with Crippen LogP contribution in [0.4, 0.5) is 10.1 Å². The van der Waals surface area contributed by atoms with Crippen LogP contribution in [0, 0.1) is 5.82 Å². The summed E-state index contributed by atoms with van der Waals surface area (Å²) in [5, 5.41) is 2.77. The fourth-order valence-corrected chi connectivity index (χ4v) is 3.89. The van der Waals surface area contributed by atoms with Crippen molar-refractivity contribution in [1.82, 2.24) is 14.7 Å². The molecule has 4 amide bonds. The molecular weight excluding hydrogens is 415 g/mol. The Kier molecular flexibility index (Phi) is 6.00. The zero-order valence-electron chi connectivity index (χ0n) is 17.6. The number of nitrogens with zero attached hydrogens (tertiary/aromatic N) is 3. The Morgan fingerprint density at radius 3 is 2.28 bits per heavy atom. The number of carbonyl (C=O) groups excluding carboxylic acids is 4. The summed E-state index contributed by atoms with van der Waals surface area (Å²) in [5.74, 6) is -1.33. The standard InChI is InChI=1S/C23H23FN4O4/c1-26-22(31)18-7-6-17(13-19(18)23(26)32)25-20(29)14-27-8-10-28(11-9-27)21(30)12-15-2-4-16(24)5-3-15/h2-7,13H,8-12,14H2,1H3,(H,25,29). The zero-order chi connectivity index (χ0) is 22.8. The van der Waals surface area contributed by atoms with Gasteiger partial charge in [0.05, 0.1) is 24.1 Å². The Balaban J connectivity index is 1.26. The first kappa shape index (κ1) is 21.6. The van der Waals surface area contributed by atoms with Crippen LogP contribution in [0.15, 0.2) is 42.5 Å². The van der Waals surface area contributed by atoms with E-state index in [4.69, 9.17) is 0 Å². The molecule has 0 bridgehead atoms. The van der Waals surface area contributed by atoms with Crippen LogP contribution >= 0.6 is 0 Å². The highest BCUT2D eigenvalue weighted by Crippen LogP contribution is 2.24. The van der Waals surface area contributed by atoms with Crippen molar-refractivity contribution in [3.8, 4) is 0 Å². The lowest BCUT2D eigenvalue weighted by Gasteiger charge is -2.34. The van der Waals surface area contributed by atoms with Crippen LogP contribution in [0.5, 0.6) is 0 Å². The normalized spacial score (nSPS) is 16.3. The maximum Gasteiger partial charge on any atom is 0.261 e. The van der Waals surface area contributed by atoms with E-state index in [1.54, 1.807) is 29.2 Å². The van der Waals surface area contributed by atoms with Crippen LogP contribution in [-0.2, 0) is 16.0 Å². The van der Waals surface area contributed by atoms with Crippen LogP contribution in [0.1, 0.15) is 26.3 Å². The van der Waals surface area contributed by atoms with Gasteiger partial charge < -0.3 is 10.2 Å². The highest BCUT2D eigenvalue weighted by atomic mass is 19.1. The number of rotatable bonds is 5. The molecule has 1 fully saturated rings. The number of benzene rings is 2. The molecular formula is C23H23FN4O4. The minimum atomic E-state index is -0.387. The number of halogens is 1. The number of imide groups is 1. The molecule has 0 aliphatic carbocycles. The van der Waals surface area contributed by atoms with Gasteiger partial charge >= 0.3 is 0 Å². The molecule has 166 valence electrons. The molecule has 2 aromatic rings. The second kappa shape index (κ2) is 8.88. The smallest absolute Gasteiger partial charge is 0.261 e. The molecule has 1 saturated heterocycles. The van der Waals surface area contributed by atoms with E-state index in [9.17, 15) is 23.6 Å². The van der Waals surface area contributed by atoms with Crippen molar-refractivity contribution in [2.24, 2.45) is 0 Å². The van der Waals surface area contributed by atoms with Crippen molar-refractivity contribution in [3.05, 3.63) is 65.0 Å². The van der Waals surface area contributed by atoms with Gasteiger partial charge in [0, 0.05) is 38.9 Å². The molecule has 1 N–H and O–H groups in total. The van der Waals surface area contributed by atoms with Gasteiger partial charge in [-0.3, -0.25) is 29.0 Å². The molecule has 0 unspecified atom stereocenters. The molecule has 2 aromatic carbocycles. The molecule has 9 heteroatoms. The third kappa shape index (κ3) is 4.52. The summed E-state index contributed by atoms with van der Waals surface area (Å²) >= 11 is 0. The minimum Gasteiger partial charge on any atom is -0.340 e. The molecule has 2 heterocycles. The number of piperazine rings is 1. The van der Waals surface area contributed by atoms with Gasteiger partial charge in [-0.25, -0.2) is 4.39 Å². The molecule has 0 saturated carbocycles. The lowest BCUT2D eigenvalue weighted by molar-refractivity contribution is -0.132. The number of fused-ring (bicyclic) bond motifs is 1. The summed E-state index contributed by atoms with van der Waals surface area (Å²) < 4.78 is 13.0. The fourth-order valence-electron chi connectivity index (χ4n) is 3.89. The van der Waals surface area contributed by atoms with E-state index in [1.165, 1.54) is 25.2 Å². The second-order valence-electron chi connectivity index (χ2n) is 7.94. The Morgan fingerprint density at radius 2 is 1.59 bits per heavy atom. The Morgan fingerprint density at radius 1 is 0.938 bits per heavy atom. The topological polar surface area (TPSA) is 90.0 Å². The predicted octanol–water partition coefficient (Wildman–Crippen LogP) is 1.38. The lowest BCUT2D eigenvalue weighted by atomic mass is 10.1. The van der Waals surface area contributed by atoms with Crippen molar-refractivity contribution < 1.29 is 23.6 Å². The number of hydrogen-bond donors (Lipinski definition) is 1. The SMILES string of the molecule is CN1C(=O)c2ccc(NC(=O)CN3CCN(C(=O)Cc4ccc(F)cc4)CC3)cc2C1=O. The number of amides is 4. The summed E-state index contributed by atoms with van der Waals surface area (Å²) in [6, 6.07) is 10.6. The maximum absolute atomic E-state index is 13.0. The van der Waals surface area contributed by atoms with Crippen LogP contribution in [-0.4, -0.2) is 78.1 Å². The Hall–Kier alpha value is -3.59. The second-order valence-corrected chi connectivity index (χ2v) is 7.94. The molecule has 0 aromatic heterocycles. The van der Waals surface area contributed by atoms with Crippen molar-refractivity contribution in [2.45, 2.75) is 6.42 Å². The fraction of sp³-hybridized carbons (Fsp3) is 0.304. The Bertz CT molecular complexity index is 1080. The van der Waals surface area contributed by atoms with E-state index in [2.05, 4.69) is 5.32 Å². The van der Waals surface area contributed by atoms with Gasteiger partial charge in [-0.1, -0.05) is 12.1 Å². The average molecular weight is 438 g/mol. The summed E-state index contributed by atoms with van der Waals surface area (Å²) in [6.45, 7) is 2.29. The maximum atomic E-state index is 13.0. The number of hydrogen-bond acceptors (Lipinski definition) is 5. The van der Waals surface area contributed by atoms with E-state index in [1.807, 2.05) is 4.90 Å². The zero-order valence-corrected chi connectivity index (χ0v) is 17.6. The number of nitrogens with one attached hydrogen (secondary N) is 1. The van der Waals surface area contributed by atoms with E-state index >= 15 is 0 Å². The van der Waals surface area contributed by atoms with E-state index in [0.29, 0.717) is 37.4 Å². The van der Waals surface area contributed by atoms with Gasteiger partial charge in [0.25, 0.3) is 11.8 Å². The minimum absolute atomic E-state index is 0.0250. The summed E-state index contributed by atoms with van der Waals surface area (Å²) in [6.07, 6.45) is 0.218. The van der Waals surface area contributed by atoms with Gasteiger partial charge in [0.2, 0.25) is 11.8 Å². The molecule has 2 aliphatic heterocycles. The average Bonchev–Trinajstić information content (AvgIpc) is 2.99. The van der Waals surface area contributed by atoms with Crippen molar-refractivity contribution in [1.29, 1.82) is 0 Å².